The molecule has 0 saturated carbocycles. The molecule has 2 N–H and O–H groups in total. The second-order valence-electron chi connectivity index (χ2n) is 4.22. The molecule has 1 aromatic rings. The Labute approximate surface area is 114 Å². The number of likely N-dealkylation sites (N-methyl/N-ethyl adjacent to an activating group) is 1. The fourth-order valence-electron chi connectivity index (χ4n) is 1.97. The number of methoxy groups -OCH3 is 1. The summed E-state index contributed by atoms with van der Waals surface area (Å²) in [6.45, 7) is 8.34. The van der Waals surface area contributed by atoms with E-state index in [4.69, 9.17) is 22.7 Å². The quantitative estimate of drug-likeness (QED) is 0.797. The van der Waals surface area contributed by atoms with E-state index in [1.165, 1.54) is 0 Å². The predicted octanol–water partition coefficient (Wildman–Crippen LogP) is 1.81. The summed E-state index contributed by atoms with van der Waals surface area (Å²) in [5, 5.41) is 0. The van der Waals surface area contributed by atoms with Crippen molar-refractivity contribution >= 4 is 23.0 Å². The van der Waals surface area contributed by atoms with Crippen LogP contribution in [0.15, 0.2) is 6.07 Å². The highest BCUT2D eigenvalue weighted by Gasteiger charge is 2.16. The van der Waals surface area contributed by atoms with Gasteiger partial charge in [-0.25, -0.2) is 4.98 Å². The largest absolute Gasteiger partial charge is 0.389 e. The molecule has 1 heterocycles. The van der Waals surface area contributed by atoms with E-state index >= 15 is 0 Å². The van der Waals surface area contributed by atoms with Crippen LogP contribution in [0, 0.1) is 13.8 Å². The molecule has 4 nitrogen and oxygen atoms in total. The van der Waals surface area contributed by atoms with E-state index in [1.54, 1.807) is 7.11 Å². The Morgan fingerprint density at radius 2 is 2.17 bits per heavy atom. The summed E-state index contributed by atoms with van der Waals surface area (Å²) in [5.74, 6) is 0.861. The lowest BCUT2D eigenvalue weighted by molar-refractivity contribution is 0.205. The number of hydrogen-bond acceptors (Lipinski definition) is 4. The first kappa shape index (κ1) is 14.9. The van der Waals surface area contributed by atoms with Crippen LogP contribution in [-0.4, -0.2) is 36.8 Å². The zero-order valence-corrected chi connectivity index (χ0v) is 12.3. The Kier molecular flexibility index (Phi) is 5.50. The number of thiocarbonyl (C=S) groups is 1. The maximum atomic E-state index is 5.82. The van der Waals surface area contributed by atoms with Crippen LogP contribution < -0.4 is 10.6 Å². The van der Waals surface area contributed by atoms with Crippen LogP contribution in [0.25, 0.3) is 0 Å². The molecule has 0 amide bonds. The zero-order valence-electron chi connectivity index (χ0n) is 11.5. The van der Waals surface area contributed by atoms with Crippen LogP contribution in [0.1, 0.15) is 23.7 Å². The van der Waals surface area contributed by atoms with Crippen molar-refractivity contribution in [3.05, 3.63) is 22.9 Å². The lowest BCUT2D eigenvalue weighted by Crippen LogP contribution is -2.31. The molecular weight excluding hydrogens is 246 g/mol. The Morgan fingerprint density at radius 3 is 2.67 bits per heavy atom. The average Bonchev–Trinajstić information content (AvgIpc) is 2.28. The molecule has 0 spiro atoms. The molecule has 0 fully saturated rings. The highest BCUT2D eigenvalue weighted by Crippen LogP contribution is 2.22. The molecule has 0 aromatic carbocycles. The van der Waals surface area contributed by atoms with Gasteiger partial charge in [0.2, 0.25) is 0 Å². The van der Waals surface area contributed by atoms with Gasteiger partial charge in [0.25, 0.3) is 0 Å². The number of aromatic nitrogens is 1. The summed E-state index contributed by atoms with van der Waals surface area (Å²) in [6.07, 6.45) is 0. The van der Waals surface area contributed by atoms with E-state index in [0.717, 1.165) is 35.7 Å². The minimum absolute atomic E-state index is 0.394. The summed E-state index contributed by atoms with van der Waals surface area (Å²) >= 11 is 5.14. The van der Waals surface area contributed by atoms with Gasteiger partial charge in [0.05, 0.1) is 12.2 Å². The Hall–Kier alpha value is -1.20. The molecule has 100 valence electrons. The molecule has 0 aliphatic carbocycles. The highest BCUT2D eigenvalue weighted by atomic mass is 32.1. The summed E-state index contributed by atoms with van der Waals surface area (Å²) in [7, 11) is 1.69. The van der Waals surface area contributed by atoms with Crippen molar-refractivity contribution in [2.24, 2.45) is 5.73 Å². The van der Waals surface area contributed by atoms with Gasteiger partial charge >= 0.3 is 0 Å². The second-order valence-corrected chi connectivity index (χ2v) is 4.66. The first-order valence-electron chi connectivity index (χ1n) is 6.03. The van der Waals surface area contributed by atoms with Crippen molar-refractivity contribution < 1.29 is 4.74 Å². The van der Waals surface area contributed by atoms with Gasteiger partial charge in [0.15, 0.2) is 0 Å². The molecule has 5 heteroatoms. The molecule has 0 radical (unpaired) electrons. The number of aryl methyl sites for hydroxylation is 2. The van der Waals surface area contributed by atoms with E-state index in [9.17, 15) is 0 Å². The van der Waals surface area contributed by atoms with Gasteiger partial charge in [-0.05, 0) is 32.4 Å². The standard InChI is InChI=1S/C13H21N3OS/c1-5-16(6-7-17-4)13-11(12(14)18)9(2)8-10(3)15-13/h8H,5-7H2,1-4H3,(H2,14,18). The van der Waals surface area contributed by atoms with Gasteiger partial charge in [0.1, 0.15) is 10.8 Å². The number of anilines is 1. The van der Waals surface area contributed by atoms with Crippen molar-refractivity contribution in [1.29, 1.82) is 0 Å². The van der Waals surface area contributed by atoms with Crippen LogP contribution in [0.5, 0.6) is 0 Å². The third-order valence-electron chi connectivity index (χ3n) is 2.82. The van der Waals surface area contributed by atoms with Crippen LogP contribution in [-0.2, 0) is 4.74 Å². The smallest absolute Gasteiger partial charge is 0.139 e. The van der Waals surface area contributed by atoms with Crippen molar-refractivity contribution in [2.75, 3.05) is 31.7 Å². The van der Waals surface area contributed by atoms with Crippen molar-refractivity contribution in [2.45, 2.75) is 20.8 Å². The van der Waals surface area contributed by atoms with E-state index < -0.39 is 0 Å². The molecule has 18 heavy (non-hydrogen) atoms. The highest BCUT2D eigenvalue weighted by molar-refractivity contribution is 7.80. The molecule has 0 saturated heterocycles. The SMILES string of the molecule is CCN(CCOC)c1nc(C)cc(C)c1C(N)=S. The van der Waals surface area contributed by atoms with Crippen LogP contribution >= 0.6 is 12.2 Å². The number of nitrogens with two attached hydrogens (primary N) is 1. The maximum absolute atomic E-state index is 5.82. The van der Waals surface area contributed by atoms with Crippen LogP contribution in [0.2, 0.25) is 0 Å². The monoisotopic (exact) mass is 267 g/mol. The molecule has 0 atom stereocenters. The first-order valence-corrected chi connectivity index (χ1v) is 6.44. The molecule has 0 aliphatic heterocycles. The van der Waals surface area contributed by atoms with Crippen LogP contribution in [0.4, 0.5) is 5.82 Å². The fourth-order valence-corrected chi connectivity index (χ4v) is 2.22. The van der Waals surface area contributed by atoms with E-state index in [-0.39, 0.29) is 0 Å². The number of rotatable bonds is 6. The molecule has 0 bridgehead atoms. The van der Waals surface area contributed by atoms with E-state index in [1.807, 2.05) is 19.9 Å². The van der Waals surface area contributed by atoms with Gasteiger partial charge in [-0.2, -0.15) is 0 Å². The van der Waals surface area contributed by atoms with E-state index in [2.05, 4.69) is 16.8 Å². The van der Waals surface area contributed by atoms with Gasteiger partial charge < -0.3 is 15.4 Å². The number of hydrogen-bond donors (Lipinski definition) is 1. The Bertz CT molecular complexity index is 434. The summed E-state index contributed by atoms with van der Waals surface area (Å²) in [5.41, 5.74) is 8.73. The second kappa shape index (κ2) is 6.66. The fraction of sp³-hybridized carbons (Fsp3) is 0.538. The zero-order chi connectivity index (χ0) is 13.7. The Morgan fingerprint density at radius 1 is 1.50 bits per heavy atom. The number of nitrogens with zero attached hydrogens (tertiary/aromatic N) is 2. The number of pyridine rings is 1. The summed E-state index contributed by atoms with van der Waals surface area (Å²) in [4.78, 5) is 7.11. The first-order chi connectivity index (χ1) is 8.51. The Balaban J connectivity index is 3.22. The normalized spacial score (nSPS) is 10.4. The van der Waals surface area contributed by atoms with Crippen molar-refractivity contribution in [3.8, 4) is 0 Å². The molecule has 1 aromatic heterocycles. The topological polar surface area (TPSA) is 51.4 Å². The van der Waals surface area contributed by atoms with E-state index in [0.29, 0.717) is 11.6 Å². The lowest BCUT2D eigenvalue weighted by atomic mass is 10.1. The van der Waals surface area contributed by atoms with Crippen molar-refractivity contribution in [3.63, 3.8) is 0 Å². The third kappa shape index (κ3) is 3.40. The van der Waals surface area contributed by atoms with Crippen LogP contribution in [0.3, 0.4) is 0 Å². The number of ether oxygens (including phenoxy) is 1. The molecule has 0 unspecified atom stereocenters. The molecule has 1 rings (SSSR count). The minimum Gasteiger partial charge on any atom is -0.389 e. The average molecular weight is 267 g/mol. The van der Waals surface area contributed by atoms with Gasteiger partial charge in [-0.15, -0.1) is 0 Å². The summed E-state index contributed by atoms with van der Waals surface area (Å²) < 4.78 is 5.12. The van der Waals surface area contributed by atoms with Gasteiger partial charge in [0, 0.05) is 25.9 Å². The molecular formula is C13H21N3OS. The summed E-state index contributed by atoms with van der Waals surface area (Å²) in [6, 6.07) is 2.00. The molecule has 0 aliphatic rings. The lowest BCUT2D eigenvalue weighted by Gasteiger charge is -2.25. The maximum Gasteiger partial charge on any atom is 0.139 e. The van der Waals surface area contributed by atoms with Gasteiger partial charge in [-0.1, -0.05) is 12.2 Å². The van der Waals surface area contributed by atoms with Crippen molar-refractivity contribution in [1.82, 2.24) is 4.98 Å². The van der Waals surface area contributed by atoms with Gasteiger partial charge in [-0.3, -0.25) is 0 Å². The minimum atomic E-state index is 0.394. The predicted molar refractivity (Wildman–Crippen MR) is 79.4 cm³/mol. The third-order valence-corrected chi connectivity index (χ3v) is 3.02.